The number of nitriles is 1. The minimum absolute atomic E-state index is 0.165. The maximum atomic E-state index is 13.0. The van der Waals surface area contributed by atoms with Gasteiger partial charge in [0.25, 0.3) is 0 Å². The molecular formula is C24H28N6O2. The Morgan fingerprint density at radius 1 is 1.16 bits per heavy atom. The van der Waals surface area contributed by atoms with Crippen molar-refractivity contribution in [3.8, 4) is 11.8 Å². The number of rotatable bonds is 5. The van der Waals surface area contributed by atoms with Crippen LogP contribution in [0.15, 0.2) is 30.5 Å². The molecule has 0 bridgehead atoms. The number of aryl methyl sites for hydroxylation is 2. The van der Waals surface area contributed by atoms with Gasteiger partial charge in [-0.1, -0.05) is 0 Å². The summed E-state index contributed by atoms with van der Waals surface area (Å²) in [6, 6.07) is 10.2. The van der Waals surface area contributed by atoms with E-state index in [1.54, 1.807) is 11.6 Å². The lowest BCUT2D eigenvalue weighted by atomic mass is 10.1. The van der Waals surface area contributed by atoms with Crippen LogP contribution in [0, 0.1) is 25.2 Å². The molecule has 1 saturated heterocycles. The fourth-order valence-corrected chi connectivity index (χ4v) is 4.36. The fraction of sp³-hybridized carbons (Fsp3) is 0.417. The van der Waals surface area contributed by atoms with Crippen LogP contribution in [0.1, 0.15) is 35.4 Å². The number of carbonyl (C=O) groups is 1. The molecule has 0 unspecified atom stereocenters. The number of fused-ring (bicyclic) bond motifs is 1. The van der Waals surface area contributed by atoms with Crippen molar-refractivity contribution in [3.05, 3.63) is 53.0 Å². The fourth-order valence-electron chi connectivity index (χ4n) is 4.36. The van der Waals surface area contributed by atoms with E-state index in [1.165, 1.54) is 6.20 Å². The predicted octanol–water partition coefficient (Wildman–Crippen LogP) is 2.90. The smallest absolute Gasteiger partial charge is 0.222 e. The molecule has 32 heavy (non-hydrogen) atoms. The lowest BCUT2D eigenvalue weighted by Gasteiger charge is -2.24. The molecule has 0 saturated carbocycles. The molecule has 3 aromatic rings. The normalized spacial score (nSPS) is 14.3. The van der Waals surface area contributed by atoms with Crippen LogP contribution in [0.25, 0.3) is 5.65 Å². The van der Waals surface area contributed by atoms with E-state index < -0.39 is 0 Å². The number of nitrogens with zero attached hydrogens (tertiary/aromatic N) is 6. The Balaban J connectivity index is 1.40. The van der Waals surface area contributed by atoms with Gasteiger partial charge in [0.2, 0.25) is 5.91 Å². The summed E-state index contributed by atoms with van der Waals surface area (Å²) >= 11 is 0. The highest BCUT2D eigenvalue weighted by Crippen LogP contribution is 2.22. The number of carbonyl (C=O) groups excluding carboxylic acids is 1. The molecule has 1 aliphatic heterocycles. The molecule has 1 aliphatic rings. The summed E-state index contributed by atoms with van der Waals surface area (Å²) in [4.78, 5) is 21.9. The first-order valence-electron chi connectivity index (χ1n) is 10.9. The van der Waals surface area contributed by atoms with Crippen molar-refractivity contribution in [3.63, 3.8) is 0 Å². The summed E-state index contributed by atoms with van der Waals surface area (Å²) in [5.74, 6) is 1.01. The van der Waals surface area contributed by atoms with Gasteiger partial charge in [-0.15, -0.1) is 0 Å². The molecule has 1 amide bonds. The van der Waals surface area contributed by atoms with Gasteiger partial charge in [-0.05, 0) is 56.5 Å². The van der Waals surface area contributed by atoms with Gasteiger partial charge in [-0.3, -0.25) is 4.79 Å². The number of methoxy groups -OCH3 is 1. The summed E-state index contributed by atoms with van der Waals surface area (Å²) < 4.78 is 6.94. The maximum absolute atomic E-state index is 13.0. The zero-order valence-corrected chi connectivity index (χ0v) is 18.8. The number of benzene rings is 1. The topological polar surface area (TPSA) is 86.8 Å². The molecular weight excluding hydrogens is 404 g/mol. The van der Waals surface area contributed by atoms with Crippen LogP contribution in [0.4, 0.5) is 5.69 Å². The van der Waals surface area contributed by atoms with Gasteiger partial charge in [0.05, 0.1) is 13.3 Å². The van der Waals surface area contributed by atoms with E-state index >= 15 is 0 Å². The molecule has 8 heteroatoms. The number of aromatic nitrogens is 3. The van der Waals surface area contributed by atoms with Gasteiger partial charge in [0.1, 0.15) is 17.4 Å². The zero-order valence-electron chi connectivity index (χ0n) is 18.8. The Labute approximate surface area is 188 Å². The highest BCUT2D eigenvalue weighted by atomic mass is 16.5. The third-order valence-electron chi connectivity index (χ3n) is 6.20. The predicted molar refractivity (Wildman–Crippen MR) is 122 cm³/mol. The summed E-state index contributed by atoms with van der Waals surface area (Å²) in [6.45, 7) is 7.12. The Morgan fingerprint density at radius 3 is 2.66 bits per heavy atom. The van der Waals surface area contributed by atoms with E-state index in [9.17, 15) is 10.1 Å². The molecule has 0 atom stereocenters. The van der Waals surface area contributed by atoms with Crippen molar-refractivity contribution in [1.29, 1.82) is 5.26 Å². The van der Waals surface area contributed by atoms with Crippen LogP contribution in [-0.4, -0.2) is 58.7 Å². The maximum Gasteiger partial charge on any atom is 0.222 e. The van der Waals surface area contributed by atoms with Crippen LogP contribution in [-0.2, 0) is 11.2 Å². The quantitative estimate of drug-likeness (QED) is 0.616. The molecule has 0 radical (unpaired) electrons. The number of amides is 1. The standard InChI is InChI=1S/C24H28N6O2/c1-17-22(18(2)30-24(27-17)19(15-25)16-26-30)9-10-23(31)29-12-4-11-28(13-14-29)20-5-7-21(32-3)8-6-20/h5-8,16H,4,9-14H2,1-3H3. The molecule has 166 valence electrons. The Bertz CT molecular complexity index is 1160. The number of ether oxygens (including phenoxy) is 1. The molecule has 8 nitrogen and oxygen atoms in total. The third-order valence-corrected chi connectivity index (χ3v) is 6.20. The first kappa shape index (κ1) is 21.6. The van der Waals surface area contributed by atoms with Crippen LogP contribution < -0.4 is 9.64 Å². The van der Waals surface area contributed by atoms with Crippen molar-refractivity contribution in [2.75, 3.05) is 38.2 Å². The van der Waals surface area contributed by atoms with Crippen LogP contribution in [0.5, 0.6) is 5.75 Å². The second-order valence-corrected chi connectivity index (χ2v) is 8.09. The van der Waals surface area contributed by atoms with E-state index in [2.05, 4.69) is 33.2 Å². The van der Waals surface area contributed by atoms with Crippen molar-refractivity contribution in [2.24, 2.45) is 0 Å². The summed E-state index contributed by atoms with van der Waals surface area (Å²) in [5.41, 5.74) is 4.99. The average Bonchev–Trinajstić information content (AvgIpc) is 3.05. The van der Waals surface area contributed by atoms with Gasteiger partial charge >= 0.3 is 0 Å². The number of hydrogen-bond acceptors (Lipinski definition) is 6. The molecule has 0 aliphatic carbocycles. The Kier molecular flexibility index (Phi) is 6.26. The van der Waals surface area contributed by atoms with Gasteiger partial charge in [0, 0.05) is 49.7 Å². The molecule has 0 N–H and O–H groups in total. The van der Waals surface area contributed by atoms with Crippen molar-refractivity contribution in [2.45, 2.75) is 33.1 Å². The Morgan fingerprint density at radius 2 is 1.94 bits per heavy atom. The lowest BCUT2D eigenvalue weighted by molar-refractivity contribution is -0.130. The number of hydrogen-bond donors (Lipinski definition) is 0. The average molecular weight is 433 g/mol. The van der Waals surface area contributed by atoms with Gasteiger partial charge in [-0.2, -0.15) is 10.4 Å². The number of anilines is 1. The highest BCUT2D eigenvalue weighted by Gasteiger charge is 2.21. The summed E-state index contributed by atoms with van der Waals surface area (Å²) in [5, 5.41) is 13.5. The van der Waals surface area contributed by atoms with Crippen LogP contribution >= 0.6 is 0 Å². The monoisotopic (exact) mass is 432 g/mol. The van der Waals surface area contributed by atoms with Gasteiger partial charge in [-0.25, -0.2) is 9.50 Å². The van der Waals surface area contributed by atoms with E-state index in [-0.39, 0.29) is 5.91 Å². The van der Waals surface area contributed by atoms with E-state index in [0.29, 0.717) is 30.6 Å². The lowest BCUT2D eigenvalue weighted by Crippen LogP contribution is -2.35. The van der Waals surface area contributed by atoms with Crippen LogP contribution in [0.3, 0.4) is 0 Å². The second kappa shape index (κ2) is 9.27. The van der Waals surface area contributed by atoms with Crippen LogP contribution in [0.2, 0.25) is 0 Å². The highest BCUT2D eigenvalue weighted by molar-refractivity contribution is 5.76. The largest absolute Gasteiger partial charge is 0.497 e. The molecule has 3 heterocycles. The third kappa shape index (κ3) is 4.24. The van der Waals surface area contributed by atoms with E-state index in [0.717, 1.165) is 54.4 Å². The van der Waals surface area contributed by atoms with E-state index in [4.69, 9.17) is 4.74 Å². The zero-order chi connectivity index (χ0) is 22.7. The van der Waals surface area contributed by atoms with Gasteiger partial charge in [0.15, 0.2) is 5.65 Å². The molecule has 2 aromatic heterocycles. The van der Waals surface area contributed by atoms with Crippen molar-refractivity contribution < 1.29 is 9.53 Å². The minimum Gasteiger partial charge on any atom is -0.497 e. The van der Waals surface area contributed by atoms with Crippen molar-refractivity contribution >= 4 is 17.2 Å². The minimum atomic E-state index is 0.165. The van der Waals surface area contributed by atoms with E-state index in [1.807, 2.05) is 30.9 Å². The van der Waals surface area contributed by atoms with Crippen molar-refractivity contribution in [1.82, 2.24) is 19.5 Å². The molecule has 1 aromatic carbocycles. The SMILES string of the molecule is COc1ccc(N2CCCN(C(=O)CCc3c(C)nc4c(C#N)cnn4c3C)CC2)cc1. The summed E-state index contributed by atoms with van der Waals surface area (Å²) in [7, 11) is 1.67. The molecule has 4 rings (SSSR count). The first-order chi connectivity index (χ1) is 15.5. The molecule has 0 spiro atoms. The second-order valence-electron chi connectivity index (χ2n) is 8.09. The first-order valence-corrected chi connectivity index (χ1v) is 10.9. The summed E-state index contributed by atoms with van der Waals surface area (Å²) in [6.07, 6.45) is 3.52. The molecule has 1 fully saturated rings. The Hall–Kier alpha value is -3.60. The van der Waals surface area contributed by atoms with Gasteiger partial charge < -0.3 is 14.5 Å².